The summed E-state index contributed by atoms with van der Waals surface area (Å²) in [5.41, 5.74) is 0. The molecule has 1 aliphatic rings. The number of hydrogen-bond donors (Lipinski definition) is 1. The Balaban J connectivity index is 2.20. The molecule has 4 nitrogen and oxygen atoms in total. The minimum absolute atomic E-state index is 0.0983. The second-order valence-corrected chi connectivity index (χ2v) is 4.17. The van der Waals surface area contributed by atoms with Crippen molar-refractivity contribution in [2.45, 2.75) is 38.8 Å². The van der Waals surface area contributed by atoms with Crippen LogP contribution in [0.3, 0.4) is 0 Å². The van der Waals surface area contributed by atoms with Crippen LogP contribution in [-0.4, -0.2) is 38.4 Å². The number of nitrogens with one attached hydrogen (secondary N) is 1. The number of rotatable bonds is 5. The maximum atomic E-state index is 11.2. The predicted molar refractivity (Wildman–Crippen MR) is 57.6 cm³/mol. The zero-order valence-electron chi connectivity index (χ0n) is 9.79. The Morgan fingerprint density at radius 3 is 2.87 bits per heavy atom. The predicted octanol–water partition coefficient (Wildman–Crippen LogP) is 0.953. The van der Waals surface area contributed by atoms with Crippen molar-refractivity contribution < 1.29 is 14.3 Å². The highest BCUT2D eigenvalue weighted by Gasteiger charge is 2.23. The summed E-state index contributed by atoms with van der Waals surface area (Å²) in [6, 6.07) is 0.305. The molecule has 0 bridgehead atoms. The lowest BCUT2D eigenvalue weighted by molar-refractivity contribution is -0.144. The Bertz CT molecular complexity index is 202. The van der Waals surface area contributed by atoms with Gasteiger partial charge < -0.3 is 14.8 Å². The maximum absolute atomic E-state index is 11.2. The molecule has 0 aliphatic carbocycles. The fraction of sp³-hybridized carbons (Fsp3) is 0.909. The van der Waals surface area contributed by atoms with Crippen molar-refractivity contribution in [3.05, 3.63) is 0 Å². The summed E-state index contributed by atoms with van der Waals surface area (Å²) in [4.78, 5) is 11.2. The van der Waals surface area contributed by atoms with Gasteiger partial charge in [0, 0.05) is 19.2 Å². The fourth-order valence-electron chi connectivity index (χ4n) is 1.78. The second-order valence-electron chi connectivity index (χ2n) is 4.17. The minimum atomic E-state index is -0.165. The summed E-state index contributed by atoms with van der Waals surface area (Å²) in [6.45, 7) is 5.47. The van der Waals surface area contributed by atoms with Crippen LogP contribution in [0.5, 0.6) is 0 Å². The lowest BCUT2D eigenvalue weighted by Gasteiger charge is -2.21. The molecule has 0 amide bonds. The van der Waals surface area contributed by atoms with Crippen molar-refractivity contribution in [2.75, 3.05) is 20.3 Å². The normalized spacial score (nSPS) is 24.9. The van der Waals surface area contributed by atoms with Crippen LogP contribution in [0.15, 0.2) is 0 Å². The smallest absolute Gasteiger partial charge is 0.309 e. The van der Waals surface area contributed by atoms with Gasteiger partial charge in [0.25, 0.3) is 0 Å². The van der Waals surface area contributed by atoms with Crippen molar-refractivity contribution in [1.82, 2.24) is 5.32 Å². The van der Waals surface area contributed by atoms with Gasteiger partial charge in [0.05, 0.1) is 19.1 Å². The number of esters is 1. The van der Waals surface area contributed by atoms with Gasteiger partial charge >= 0.3 is 5.97 Å². The molecule has 0 spiro atoms. The quantitative estimate of drug-likeness (QED) is 0.694. The van der Waals surface area contributed by atoms with Gasteiger partial charge in [-0.05, 0) is 19.8 Å². The molecular formula is C11H21NO3. The molecular weight excluding hydrogens is 194 g/mol. The molecule has 4 heteroatoms. The van der Waals surface area contributed by atoms with E-state index < -0.39 is 0 Å². The van der Waals surface area contributed by atoms with E-state index in [-0.39, 0.29) is 11.9 Å². The molecule has 0 aromatic rings. The third-order valence-corrected chi connectivity index (χ3v) is 2.87. The topological polar surface area (TPSA) is 47.6 Å². The van der Waals surface area contributed by atoms with Crippen molar-refractivity contribution in [3.8, 4) is 0 Å². The Morgan fingerprint density at radius 1 is 1.60 bits per heavy atom. The van der Waals surface area contributed by atoms with Gasteiger partial charge in [-0.25, -0.2) is 0 Å². The lowest BCUT2D eigenvalue weighted by atomic mass is 10.1. The molecule has 1 saturated heterocycles. The van der Waals surface area contributed by atoms with Gasteiger partial charge in [-0.15, -0.1) is 0 Å². The van der Waals surface area contributed by atoms with Gasteiger partial charge in [0.2, 0.25) is 0 Å². The number of carbonyl (C=O) groups excluding carboxylic acids is 1. The third kappa shape index (κ3) is 3.80. The van der Waals surface area contributed by atoms with E-state index in [1.165, 1.54) is 7.11 Å². The maximum Gasteiger partial charge on any atom is 0.309 e. The first-order valence-corrected chi connectivity index (χ1v) is 5.58. The largest absolute Gasteiger partial charge is 0.469 e. The Morgan fingerprint density at radius 2 is 2.33 bits per heavy atom. The van der Waals surface area contributed by atoms with E-state index in [1.54, 1.807) is 0 Å². The van der Waals surface area contributed by atoms with Gasteiger partial charge in [-0.1, -0.05) is 6.92 Å². The molecule has 1 fully saturated rings. The molecule has 3 unspecified atom stereocenters. The fourth-order valence-corrected chi connectivity index (χ4v) is 1.78. The molecule has 0 aromatic carbocycles. The average Bonchev–Trinajstić information content (AvgIpc) is 2.77. The highest BCUT2D eigenvalue weighted by molar-refractivity contribution is 5.72. The van der Waals surface area contributed by atoms with Crippen molar-refractivity contribution in [1.29, 1.82) is 0 Å². The number of ether oxygens (including phenoxy) is 2. The Hall–Kier alpha value is -0.610. The van der Waals surface area contributed by atoms with E-state index >= 15 is 0 Å². The van der Waals surface area contributed by atoms with Crippen LogP contribution < -0.4 is 5.32 Å². The lowest BCUT2D eigenvalue weighted by Crippen LogP contribution is -2.40. The van der Waals surface area contributed by atoms with Crippen LogP contribution in [0.25, 0.3) is 0 Å². The number of carbonyl (C=O) groups is 1. The standard InChI is InChI=1S/C11H21NO3/c1-8(11(13)14-3)7-12-9(2)10-5-4-6-15-10/h8-10,12H,4-7H2,1-3H3. The molecule has 0 radical (unpaired) electrons. The zero-order chi connectivity index (χ0) is 11.3. The summed E-state index contributed by atoms with van der Waals surface area (Å²) >= 11 is 0. The van der Waals surface area contributed by atoms with Gasteiger partial charge in [0.15, 0.2) is 0 Å². The molecule has 0 aromatic heterocycles. The molecule has 15 heavy (non-hydrogen) atoms. The van der Waals surface area contributed by atoms with E-state index in [9.17, 15) is 4.79 Å². The van der Waals surface area contributed by atoms with Crippen molar-refractivity contribution in [2.24, 2.45) is 5.92 Å². The van der Waals surface area contributed by atoms with E-state index in [0.717, 1.165) is 19.4 Å². The van der Waals surface area contributed by atoms with E-state index in [0.29, 0.717) is 18.7 Å². The number of methoxy groups -OCH3 is 1. The average molecular weight is 215 g/mol. The second kappa shape index (κ2) is 6.08. The van der Waals surface area contributed by atoms with E-state index in [1.807, 2.05) is 6.92 Å². The summed E-state index contributed by atoms with van der Waals surface area (Å²) in [5.74, 6) is -0.263. The first-order chi connectivity index (χ1) is 7.15. The summed E-state index contributed by atoms with van der Waals surface area (Å²) < 4.78 is 10.2. The van der Waals surface area contributed by atoms with Crippen molar-refractivity contribution >= 4 is 5.97 Å². The number of hydrogen-bond acceptors (Lipinski definition) is 4. The molecule has 1 heterocycles. The Labute approximate surface area is 91.3 Å². The van der Waals surface area contributed by atoms with Crippen LogP contribution >= 0.6 is 0 Å². The van der Waals surface area contributed by atoms with Crippen LogP contribution in [0.4, 0.5) is 0 Å². The summed E-state index contributed by atoms with van der Waals surface area (Å²) in [7, 11) is 1.42. The van der Waals surface area contributed by atoms with Crippen molar-refractivity contribution in [3.63, 3.8) is 0 Å². The molecule has 1 aliphatic heterocycles. The Kier molecular flexibility index (Phi) is 5.05. The van der Waals surface area contributed by atoms with E-state index in [4.69, 9.17) is 4.74 Å². The highest BCUT2D eigenvalue weighted by atomic mass is 16.5. The van der Waals surface area contributed by atoms with Crippen LogP contribution in [-0.2, 0) is 14.3 Å². The molecule has 0 saturated carbocycles. The molecule has 3 atom stereocenters. The first kappa shape index (κ1) is 12.5. The molecule has 1 rings (SSSR count). The van der Waals surface area contributed by atoms with Gasteiger partial charge in [0.1, 0.15) is 0 Å². The minimum Gasteiger partial charge on any atom is -0.469 e. The van der Waals surface area contributed by atoms with Crippen LogP contribution in [0.2, 0.25) is 0 Å². The molecule has 1 N–H and O–H groups in total. The monoisotopic (exact) mass is 215 g/mol. The van der Waals surface area contributed by atoms with Crippen LogP contribution in [0, 0.1) is 5.92 Å². The van der Waals surface area contributed by atoms with E-state index in [2.05, 4.69) is 17.0 Å². The van der Waals surface area contributed by atoms with Crippen LogP contribution in [0.1, 0.15) is 26.7 Å². The van der Waals surface area contributed by atoms with Gasteiger partial charge in [-0.3, -0.25) is 4.79 Å². The SMILES string of the molecule is COC(=O)C(C)CNC(C)C1CCCO1. The molecule has 88 valence electrons. The summed E-state index contributed by atoms with van der Waals surface area (Å²) in [5, 5.41) is 3.31. The highest BCUT2D eigenvalue weighted by Crippen LogP contribution is 2.15. The van der Waals surface area contributed by atoms with Gasteiger partial charge in [-0.2, -0.15) is 0 Å². The summed E-state index contributed by atoms with van der Waals surface area (Å²) in [6.07, 6.45) is 2.55. The third-order valence-electron chi connectivity index (χ3n) is 2.87. The zero-order valence-corrected chi connectivity index (χ0v) is 9.79. The first-order valence-electron chi connectivity index (χ1n) is 5.58.